The summed E-state index contributed by atoms with van der Waals surface area (Å²) in [7, 11) is 0. The molecule has 1 N–H and O–H groups in total. The molecule has 0 saturated heterocycles. The molecule has 0 aliphatic heterocycles. The smallest absolute Gasteiger partial charge is 0.0701 e. The van der Waals surface area contributed by atoms with Crippen LogP contribution in [0.5, 0.6) is 0 Å². The van der Waals surface area contributed by atoms with Crippen molar-refractivity contribution in [2.75, 3.05) is 6.54 Å². The van der Waals surface area contributed by atoms with E-state index < -0.39 is 0 Å². The zero-order valence-electron chi connectivity index (χ0n) is 9.90. The lowest BCUT2D eigenvalue weighted by atomic mass is 10.0. The van der Waals surface area contributed by atoms with Crippen molar-refractivity contribution < 1.29 is 0 Å². The fourth-order valence-corrected chi connectivity index (χ4v) is 3.04. The summed E-state index contributed by atoms with van der Waals surface area (Å²) in [5.74, 6) is 0. The number of thiophene rings is 1. The molecule has 0 aliphatic carbocycles. The molecule has 2 aromatic rings. The van der Waals surface area contributed by atoms with Crippen LogP contribution >= 0.6 is 27.3 Å². The van der Waals surface area contributed by atoms with Gasteiger partial charge in [-0.15, -0.1) is 11.3 Å². The third-order valence-electron chi connectivity index (χ3n) is 2.56. The number of hydrogen-bond donors (Lipinski definition) is 1. The van der Waals surface area contributed by atoms with Crippen molar-refractivity contribution in [2.45, 2.75) is 19.9 Å². The zero-order chi connectivity index (χ0) is 12.3. The maximum absolute atomic E-state index is 4.27. The van der Waals surface area contributed by atoms with Gasteiger partial charge in [-0.3, -0.25) is 4.98 Å². The van der Waals surface area contributed by atoms with Gasteiger partial charge in [0.15, 0.2) is 0 Å². The molecule has 17 heavy (non-hydrogen) atoms. The largest absolute Gasteiger partial charge is 0.306 e. The van der Waals surface area contributed by atoms with Crippen LogP contribution in [0.4, 0.5) is 0 Å². The molecule has 1 atom stereocenters. The minimum atomic E-state index is 0.231. The number of aryl methyl sites for hydroxylation is 1. The molecule has 2 aromatic heterocycles. The minimum absolute atomic E-state index is 0.231. The van der Waals surface area contributed by atoms with Gasteiger partial charge in [-0.2, -0.15) is 0 Å². The molecule has 2 nitrogen and oxygen atoms in total. The molecule has 0 fully saturated rings. The average molecular weight is 311 g/mol. The molecule has 0 amide bonds. The lowest BCUT2D eigenvalue weighted by Crippen LogP contribution is -2.21. The second kappa shape index (κ2) is 5.76. The van der Waals surface area contributed by atoms with E-state index in [0.717, 1.165) is 10.3 Å². The van der Waals surface area contributed by atoms with Crippen molar-refractivity contribution in [3.05, 3.63) is 50.4 Å². The Morgan fingerprint density at radius 1 is 1.35 bits per heavy atom. The van der Waals surface area contributed by atoms with Crippen LogP contribution in [0, 0.1) is 6.92 Å². The predicted molar refractivity (Wildman–Crippen MR) is 76.5 cm³/mol. The van der Waals surface area contributed by atoms with Crippen molar-refractivity contribution in [1.29, 1.82) is 0 Å². The van der Waals surface area contributed by atoms with Crippen LogP contribution in [0.25, 0.3) is 0 Å². The van der Waals surface area contributed by atoms with Gasteiger partial charge in [0.1, 0.15) is 0 Å². The average Bonchev–Trinajstić information content (AvgIpc) is 2.72. The van der Waals surface area contributed by atoms with E-state index in [1.807, 2.05) is 12.4 Å². The van der Waals surface area contributed by atoms with E-state index in [1.165, 1.54) is 16.7 Å². The molecular formula is C13H15BrN2S. The fraction of sp³-hybridized carbons (Fsp3) is 0.308. The van der Waals surface area contributed by atoms with Gasteiger partial charge in [0.25, 0.3) is 0 Å². The number of aromatic nitrogens is 1. The molecule has 4 heteroatoms. The third-order valence-corrected chi connectivity index (χ3v) is 4.08. The SMILES string of the molecule is CCNC(c1cncc(C)c1)c1csc(Br)c1. The Morgan fingerprint density at radius 3 is 2.76 bits per heavy atom. The maximum Gasteiger partial charge on any atom is 0.0701 e. The lowest BCUT2D eigenvalue weighted by Gasteiger charge is -2.17. The Hall–Kier alpha value is -0.710. The summed E-state index contributed by atoms with van der Waals surface area (Å²) in [5.41, 5.74) is 3.70. The van der Waals surface area contributed by atoms with Gasteiger partial charge in [-0.25, -0.2) is 0 Å². The molecule has 0 spiro atoms. The van der Waals surface area contributed by atoms with E-state index in [0.29, 0.717) is 0 Å². The van der Waals surface area contributed by atoms with Crippen LogP contribution in [0.2, 0.25) is 0 Å². The molecule has 0 aromatic carbocycles. The highest BCUT2D eigenvalue weighted by molar-refractivity contribution is 9.11. The second-order valence-corrected chi connectivity index (χ2v) is 6.26. The molecular weight excluding hydrogens is 296 g/mol. The molecule has 0 aliphatic rings. The van der Waals surface area contributed by atoms with E-state index in [4.69, 9.17) is 0 Å². The van der Waals surface area contributed by atoms with E-state index in [9.17, 15) is 0 Å². The molecule has 0 saturated carbocycles. The summed E-state index contributed by atoms with van der Waals surface area (Å²) in [5, 5.41) is 5.68. The van der Waals surface area contributed by atoms with Crippen molar-refractivity contribution in [3.63, 3.8) is 0 Å². The monoisotopic (exact) mass is 310 g/mol. The Labute approximate surface area is 114 Å². The Bertz CT molecular complexity index is 496. The second-order valence-electron chi connectivity index (χ2n) is 3.97. The Kier molecular flexibility index (Phi) is 4.31. The zero-order valence-corrected chi connectivity index (χ0v) is 12.3. The van der Waals surface area contributed by atoms with Crippen molar-refractivity contribution in [2.24, 2.45) is 0 Å². The molecule has 2 rings (SSSR count). The van der Waals surface area contributed by atoms with Crippen LogP contribution in [0.1, 0.15) is 29.7 Å². The van der Waals surface area contributed by atoms with Crippen LogP contribution in [-0.4, -0.2) is 11.5 Å². The Balaban J connectivity index is 2.35. The minimum Gasteiger partial charge on any atom is -0.306 e. The first kappa shape index (κ1) is 12.7. The summed E-state index contributed by atoms with van der Waals surface area (Å²) in [6, 6.07) is 4.58. The van der Waals surface area contributed by atoms with E-state index in [1.54, 1.807) is 11.3 Å². The summed E-state index contributed by atoms with van der Waals surface area (Å²) in [6.07, 6.45) is 3.82. The highest BCUT2D eigenvalue weighted by Crippen LogP contribution is 2.29. The summed E-state index contributed by atoms with van der Waals surface area (Å²) >= 11 is 5.23. The predicted octanol–water partition coefficient (Wildman–Crippen LogP) is 3.91. The summed E-state index contributed by atoms with van der Waals surface area (Å²) in [4.78, 5) is 4.27. The third kappa shape index (κ3) is 3.15. The van der Waals surface area contributed by atoms with Crippen LogP contribution in [0.15, 0.2) is 33.7 Å². The first-order valence-corrected chi connectivity index (χ1v) is 7.27. The van der Waals surface area contributed by atoms with Gasteiger partial charge >= 0.3 is 0 Å². The van der Waals surface area contributed by atoms with E-state index in [-0.39, 0.29) is 6.04 Å². The van der Waals surface area contributed by atoms with Crippen LogP contribution < -0.4 is 5.32 Å². The van der Waals surface area contributed by atoms with Gasteiger partial charge in [-0.05, 0) is 57.5 Å². The number of halogens is 1. The quantitative estimate of drug-likeness (QED) is 0.926. The van der Waals surface area contributed by atoms with Gasteiger partial charge in [-0.1, -0.05) is 13.0 Å². The van der Waals surface area contributed by atoms with E-state index in [2.05, 4.69) is 57.6 Å². The van der Waals surface area contributed by atoms with Crippen molar-refractivity contribution in [1.82, 2.24) is 10.3 Å². The number of nitrogens with zero attached hydrogens (tertiary/aromatic N) is 1. The van der Waals surface area contributed by atoms with Crippen molar-refractivity contribution >= 4 is 27.3 Å². The number of nitrogens with one attached hydrogen (secondary N) is 1. The lowest BCUT2D eigenvalue weighted by molar-refractivity contribution is 0.630. The van der Waals surface area contributed by atoms with Gasteiger partial charge < -0.3 is 5.32 Å². The Morgan fingerprint density at radius 2 is 2.18 bits per heavy atom. The number of pyridine rings is 1. The molecule has 0 bridgehead atoms. The molecule has 2 heterocycles. The van der Waals surface area contributed by atoms with E-state index >= 15 is 0 Å². The standard InChI is InChI=1S/C13H15BrN2S/c1-3-16-13(11-5-12(14)17-8-11)10-4-9(2)6-15-7-10/h4-8,13,16H,3H2,1-2H3. The molecule has 1 unspecified atom stereocenters. The number of rotatable bonds is 4. The summed E-state index contributed by atoms with van der Waals surface area (Å²) < 4.78 is 1.16. The highest BCUT2D eigenvalue weighted by Gasteiger charge is 2.14. The van der Waals surface area contributed by atoms with Gasteiger partial charge in [0.2, 0.25) is 0 Å². The van der Waals surface area contributed by atoms with Crippen LogP contribution in [-0.2, 0) is 0 Å². The van der Waals surface area contributed by atoms with Crippen molar-refractivity contribution in [3.8, 4) is 0 Å². The maximum atomic E-state index is 4.27. The first-order chi connectivity index (χ1) is 8.20. The molecule has 0 radical (unpaired) electrons. The summed E-state index contributed by atoms with van der Waals surface area (Å²) in [6.45, 7) is 5.13. The van der Waals surface area contributed by atoms with Gasteiger partial charge in [0.05, 0.1) is 9.83 Å². The topological polar surface area (TPSA) is 24.9 Å². The van der Waals surface area contributed by atoms with Crippen LogP contribution in [0.3, 0.4) is 0 Å². The molecule has 90 valence electrons. The number of hydrogen-bond acceptors (Lipinski definition) is 3. The first-order valence-electron chi connectivity index (χ1n) is 5.59. The normalized spacial score (nSPS) is 12.6. The fourth-order valence-electron chi connectivity index (χ4n) is 1.84. The van der Waals surface area contributed by atoms with Gasteiger partial charge in [0, 0.05) is 12.4 Å². The highest BCUT2D eigenvalue weighted by atomic mass is 79.9.